The Morgan fingerprint density at radius 2 is 2.11 bits per heavy atom. The van der Waals surface area contributed by atoms with E-state index in [1.165, 1.54) is 24.0 Å². The van der Waals surface area contributed by atoms with Gasteiger partial charge in [0.2, 0.25) is 5.91 Å². The predicted molar refractivity (Wildman–Crippen MR) is 75.9 cm³/mol. The molecular weight excluding hydrogens is 236 g/mol. The van der Waals surface area contributed by atoms with Gasteiger partial charge in [-0.25, -0.2) is 0 Å². The molecule has 0 bridgehead atoms. The van der Waals surface area contributed by atoms with E-state index in [-0.39, 0.29) is 12.0 Å². The Morgan fingerprint density at radius 1 is 1.26 bits per heavy atom. The molecule has 102 valence electrons. The number of likely N-dealkylation sites (tertiary alicyclic amines) is 1. The molecular formula is C16H22N2O. The quantitative estimate of drug-likeness (QED) is 0.882. The number of carbonyl (C=O) groups excluding carboxylic acids is 1. The van der Waals surface area contributed by atoms with Gasteiger partial charge < -0.3 is 10.6 Å². The molecule has 2 aliphatic rings. The number of fused-ring (bicyclic) bond motifs is 1. The fourth-order valence-corrected chi connectivity index (χ4v) is 3.39. The van der Waals surface area contributed by atoms with Gasteiger partial charge in [-0.2, -0.15) is 0 Å². The van der Waals surface area contributed by atoms with Crippen LogP contribution in [0.2, 0.25) is 0 Å². The van der Waals surface area contributed by atoms with E-state index in [9.17, 15) is 4.79 Å². The van der Waals surface area contributed by atoms with Gasteiger partial charge >= 0.3 is 0 Å². The molecule has 1 amide bonds. The summed E-state index contributed by atoms with van der Waals surface area (Å²) in [5, 5.41) is 0. The van der Waals surface area contributed by atoms with Gasteiger partial charge in [0.15, 0.2) is 0 Å². The highest BCUT2D eigenvalue weighted by molar-refractivity contribution is 5.87. The lowest BCUT2D eigenvalue weighted by Gasteiger charge is -2.37. The lowest BCUT2D eigenvalue weighted by Crippen LogP contribution is -2.48. The van der Waals surface area contributed by atoms with Crippen molar-refractivity contribution >= 4 is 5.91 Å². The Labute approximate surface area is 114 Å². The largest absolute Gasteiger partial charge is 0.338 e. The van der Waals surface area contributed by atoms with Gasteiger partial charge in [-0.1, -0.05) is 37.1 Å². The van der Waals surface area contributed by atoms with E-state index in [2.05, 4.69) is 17.0 Å². The molecule has 2 unspecified atom stereocenters. The molecule has 3 nitrogen and oxygen atoms in total. The van der Waals surface area contributed by atoms with E-state index in [0.29, 0.717) is 12.5 Å². The van der Waals surface area contributed by atoms with Gasteiger partial charge in [0.05, 0.1) is 5.92 Å². The monoisotopic (exact) mass is 258 g/mol. The maximum Gasteiger partial charge on any atom is 0.230 e. The molecule has 3 heteroatoms. The molecule has 0 aromatic heterocycles. The fourth-order valence-electron chi connectivity index (χ4n) is 3.39. The second-order valence-corrected chi connectivity index (χ2v) is 5.73. The molecule has 1 fully saturated rings. The Hall–Kier alpha value is -1.35. The summed E-state index contributed by atoms with van der Waals surface area (Å²) in [7, 11) is 0. The fraction of sp³-hybridized carbons (Fsp3) is 0.562. The van der Waals surface area contributed by atoms with Crippen molar-refractivity contribution in [3.8, 4) is 0 Å². The first-order valence-electron chi connectivity index (χ1n) is 7.39. The molecule has 2 atom stereocenters. The van der Waals surface area contributed by atoms with Crippen LogP contribution in [0.15, 0.2) is 24.3 Å². The van der Waals surface area contributed by atoms with Gasteiger partial charge in [0.1, 0.15) is 0 Å². The lowest BCUT2D eigenvalue weighted by atomic mass is 9.76. The van der Waals surface area contributed by atoms with Crippen molar-refractivity contribution in [2.75, 3.05) is 13.1 Å². The summed E-state index contributed by atoms with van der Waals surface area (Å²) in [5.41, 5.74) is 8.42. The van der Waals surface area contributed by atoms with Crippen LogP contribution in [0.3, 0.4) is 0 Å². The lowest BCUT2D eigenvalue weighted by molar-refractivity contribution is -0.135. The summed E-state index contributed by atoms with van der Waals surface area (Å²) in [6, 6.07) is 8.55. The number of hydrogen-bond donors (Lipinski definition) is 1. The molecule has 1 aliphatic carbocycles. The molecule has 1 saturated heterocycles. The van der Waals surface area contributed by atoms with Crippen LogP contribution in [0.25, 0.3) is 0 Å². The van der Waals surface area contributed by atoms with Crippen LogP contribution in [0.5, 0.6) is 0 Å². The molecule has 3 rings (SSSR count). The van der Waals surface area contributed by atoms with E-state index in [1.807, 2.05) is 12.1 Å². The standard InChI is InChI=1S/C16H22N2O/c17-11-13-7-2-1-5-9-18(13)16(19)15-10-12-6-3-4-8-14(12)15/h3-4,6,8,13,15H,1-2,5,7,9-11,17H2. The Bertz CT molecular complexity index is 472. The van der Waals surface area contributed by atoms with Crippen molar-refractivity contribution in [3.05, 3.63) is 35.4 Å². The average molecular weight is 258 g/mol. The third kappa shape index (κ3) is 2.27. The van der Waals surface area contributed by atoms with E-state index >= 15 is 0 Å². The average Bonchev–Trinajstić information content (AvgIpc) is 2.65. The first-order valence-corrected chi connectivity index (χ1v) is 7.39. The Balaban J connectivity index is 1.76. The minimum Gasteiger partial charge on any atom is -0.338 e. The van der Waals surface area contributed by atoms with Gasteiger partial charge in [-0.15, -0.1) is 0 Å². The first kappa shape index (κ1) is 12.7. The third-order valence-electron chi connectivity index (χ3n) is 4.58. The van der Waals surface area contributed by atoms with Crippen LogP contribution in [-0.2, 0) is 11.2 Å². The van der Waals surface area contributed by atoms with Crippen molar-refractivity contribution in [2.45, 2.75) is 44.1 Å². The van der Waals surface area contributed by atoms with Crippen molar-refractivity contribution in [3.63, 3.8) is 0 Å². The van der Waals surface area contributed by atoms with Crippen LogP contribution in [-0.4, -0.2) is 29.9 Å². The summed E-state index contributed by atoms with van der Waals surface area (Å²) < 4.78 is 0. The molecule has 0 spiro atoms. The summed E-state index contributed by atoms with van der Waals surface area (Å²) >= 11 is 0. The summed E-state index contributed by atoms with van der Waals surface area (Å²) in [4.78, 5) is 14.8. The minimum absolute atomic E-state index is 0.0864. The van der Waals surface area contributed by atoms with Crippen LogP contribution in [0.1, 0.15) is 42.7 Å². The topological polar surface area (TPSA) is 46.3 Å². The SMILES string of the molecule is NCC1CCCCCN1C(=O)C1Cc2ccccc21. The second kappa shape index (κ2) is 5.33. The van der Waals surface area contributed by atoms with Gasteiger partial charge in [-0.3, -0.25) is 4.79 Å². The van der Waals surface area contributed by atoms with Crippen molar-refractivity contribution in [2.24, 2.45) is 5.73 Å². The van der Waals surface area contributed by atoms with Crippen molar-refractivity contribution in [1.29, 1.82) is 0 Å². The van der Waals surface area contributed by atoms with Crippen LogP contribution < -0.4 is 5.73 Å². The van der Waals surface area contributed by atoms with E-state index in [0.717, 1.165) is 25.8 Å². The van der Waals surface area contributed by atoms with Crippen LogP contribution in [0, 0.1) is 0 Å². The number of hydrogen-bond acceptors (Lipinski definition) is 2. The molecule has 0 saturated carbocycles. The molecule has 2 N–H and O–H groups in total. The Kier molecular flexibility index (Phi) is 3.56. The normalized spacial score (nSPS) is 26.3. The summed E-state index contributed by atoms with van der Waals surface area (Å²) in [6.45, 7) is 1.49. The highest BCUT2D eigenvalue weighted by atomic mass is 16.2. The van der Waals surface area contributed by atoms with E-state index in [4.69, 9.17) is 5.73 Å². The molecule has 1 aliphatic heterocycles. The molecule has 1 aromatic rings. The summed E-state index contributed by atoms with van der Waals surface area (Å²) in [6.07, 6.45) is 5.52. The van der Waals surface area contributed by atoms with Crippen molar-refractivity contribution < 1.29 is 4.79 Å². The highest BCUT2D eigenvalue weighted by Gasteiger charge is 2.36. The highest BCUT2D eigenvalue weighted by Crippen LogP contribution is 2.37. The predicted octanol–water partition coefficient (Wildman–Crippen LogP) is 2.06. The number of amides is 1. The molecule has 1 heterocycles. The maximum atomic E-state index is 12.7. The van der Waals surface area contributed by atoms with Crippen LogP contribution in [0.4, 0.5) is 0 Å². The first-order chi connectivity index (χ1) is 9.31. The zero-order valence-corrected chi connectivity index (χ0v) is 11.3. The van der Waals surface area contributed by atoms with Gasteiger partial charge in [-0.05, 0) is 30.4 Å². The number of nitrogens with zero attached hydrogens (tertiary/aromatic N) is 1. The van der Waals surface area contributed by atoms with E-state index < -0.39 is 0 Å². The number of benzene rings is 1. The second-order valence-electron chi connectivity index (χ2n) is 5.73. The van der Waals surface area contributed by atoms with Gasteiger partial charge in [0.25, 0.3) is 0 Å². The smallest absolute Gasteiger partial charge is 0.230 e. The zero-order valence-electron chi connectivity index (χ0n) is 11.3. The number of rotatable bonds is 2. The van der Waals surface area contributed by atoms with Crippen molar-refractivity contribution in [1.82, 2.24) is 4.90 Å². The van der Waals surface area contributed by atoms with E-state index in [1.54, 1.807) is 0 Å². The number of nitrogens with two attached hydrogens (primary N) is 1. The Morgan fingerprint density at radius 3 is 2.89 bits per heavy atom. The zero-order chi connectivity index (χ0) is 13.2. The molecule has 19 heavy (non-hydrogen) atoms. The summed E-state index contributed by atoms with van der Waals surface area (Å²) in [5.74, 6) is 0.388. The number of carbonyl (C=O) groups is 1. The minimum atomic E-state index is 0.0864. The molecule has 0 radical (unpaired) electrons. The molecule has 1 aromatic carbocycles. The third-order valence-corrected chi connectivity index (χ3v) is 4.58. The van der Waals surface area contributed by atoms with Gasteiger partial charge in [0, 0.05) is 19.1 Å². The van der Waals surface area contributed by atoms with Crippen LogP contribution >= 0.6 is 0 Å². The maximum absolute atomic E-state index is 12.7.